The number of nitrogens with zero attached hydrogens (tertiary/aromatic N) is 3. The monoisotopic (exact) mass is 380 g/mol. The van der Waals surface area contributed by atoms with E-state index in [1.807, 2.05) is 6.92 Å². The molecule has 27 heavy (non-hydrogen) atoms. The zero-order chi connectivity index (χ0) is 19.4. The van der Waals surface area contributed by atoms with Crippen LogP contribution in [0, 0.1) is 0 Å². The number of alkyl halides is 3. The molecule has 2 aromatic rings. The Balaban J connectivity index is 1.59. The van der Waals surface area contributed by atoms with Crippen LogP contribution in [-0.2, 0) is 6.18 Å². The summed E-state index contributed by atoms with van der Waals surface area (Å²) in [5, 5.41) is 6.50. The maximum absolute atomic E-state index is 12.6. The second kappa shape index (κ2) is 8.12. The van der Waals surface area contributed by atoms with Crippen LogP contribution in [0.3, 0.4) is 0 Å². The highest BCUT2D eigenvalue weighted by Crippen LogP contribution is 2.27. The van der Waals surface area contributed by atoms with E-state index in [2.05, 4.69) is 15.3 Å². The Bertz CT molecular complexity index is 764. The van der Waals surface area contributed by atoms with Crippen LogP contribution in [0.15, 0.2) is 36.5 Å². The predicted molar refractivity (Wildman–Crippen MR) is 95.8 cm³/mol. The number of amides is 1. The van der Waals surface area contributed by atoms with E-state index >= 15 is 0 Å². The first kappa shape index (κ1) is 19.4. The molecular formula is C19H23F3N4O. The average molecular weight is 380 g/mol. The van der Waals surface area contributed by atoms with Crippen LogP contribution in [0.1, 0.15) is 42.2 Å². The number of carbonyl (C=O) groups excluding carboxylic acids is 1. The molecule has 1 aliphatic rings. The first-order valence-electron chi connectivity index (χ1n) is 9.09. The molecule has 1 aromatic heterocycles. The van der Waals surface area contributed by atoms with Gasteiger partial charge in [-0.05, 0) is 63.2 Å². The fraction of sp³-hybridized carbons (Fsp3) is 0.474. The number of nitrogens with one attached hydrogen (secondary N) is 1. The molecule has 1 aromatic carbocycles. The smallest absolute Gasteiger partial charge is 0.348 e. The molecule has 0 spiro atoms. The summed E-state index contributed by atoms with van der Waals surface area (Å²) in [5.74, 6) is -0.192. The van der Waals surface area contributed by atoms with Crippen molar-refractivity contribution in [2.24, 2.45) is 0 Å². The summed E-state index contributed by atoms with van der Waals surface area (Å²) in [4.78, 5) is 14.7. The number of hydrogen-bond donors (Lipinski definition) is 1. The van der Waals surface area contributed by atoms with Gasteiger partial charge in [0, 0.05) is 24.3 Å². The molecule has 2 heterocycles. The number of piperidine rings is 1. The van der Waals surface area contributed by atoms with Crippen LogP contribution >= 0.6 is 0 Å². The minimum absolute atomic E-state index is 0.0238. The van der Waals surface area contributed by atoms with Crippen molar-refractivity contribution >= 4 is 5.91 Å². The van der Waals surface area contributed by atoms with Crippen LogP contribution in [0.4, 0.5) is 13.2 Å². The Hall–Kier alpha value is -2.35. The van der Waals surface area contributed by atoms with E-state index in [4.69, 9.17) is 0 Å². The highest BCUT2D eigenvalue weighted by Gasteiger charge is 2.33. The summed E-state index contributed by atoms with van der Waals surface area (Å²) in [6, 6.07) is 7.29. The summed E-state index contributed by atoms with van der Waals surface area (Å²) < 4.78 is 39.1. The molecule has 0 aliphatic carbocycles. The third kappa shape index (κ3) is 5.09. The number of rotatable bonds is 5. The molecule has 1 amide bonds. The molecule has 1 unspecified atom stereocenters. The Morgan fingerprint density at radius 3 is 2.41 bits per heavy atom. The van der Waals surface area contributed by atoms with Gasteiger partial charge < -0.3 is 10.2 Å². The van der Waals surface area contributed by atoms with E-state index in [1.54, 1.807) is 24.3 Å². The topological polar surface area (TPSA) is 50.2 Å². The zero-order valence-corrected chi connectivity index (χ0v) is 15.2. The van der Waals surface area contributed by atoms with Gasteiger partial charge in [-0.25, -0.2) is 4.68 Å². The van der Waals surface area contributed by atoms with E-state index in [0.717, 1.165) is 30.4 Å². The molecule has 3 rings (SSSR count). The number of hydrogen-bond acceptors (Lipinski definition) is 3. The van der Waals surface area contributed by atoms with Crippen molar-refractivity contribution in [2.75, 3.05) is 19.6 Å². The Kier molecular flexibility index (Phi) is 5.84. The summed E-state index contributed by atoms with van der Waals surface area (Å²) in [5.41, 5.74) is -0.0216. The molecule has 1 fully saturated rings. The van der Waals surface area contributed by atoms with Gasteiger partial charge in [-0.3, -0.25) is 4.79 Å². The van der Waals surface area contributed by atoms with Crippen molar-refractivity contribution in [3.8, 4) is 5.69 Å². The van der Waals surface area contributed by atoms with Crippen LogP contribution in [0.2, 0.25) is 0 Å². The lowest BCUT2D eigenvalue weighted by Crippen LogP contribution is -2.43. The lowest BCUT2D eigenvalue weighted by Gasteiger charge is -2.29. The van der Waals surface area contributed by atoms with Crippen LogP contribution < -0.4 is 5.32 Å². The maximum Gasteiger partial charge on any atom is 0.435 e. The van der Waals surface area contributed by atoms with Crippen molar-refractivity contribution in [1.29, 1.82) is 0 Å². The molecular weight excluding hydrogens is 357 g/mol. The molecule has 8 heteroatoms. The second-order valence-corrected chi connectivity index (χ2v) is 6.93. The molecule has 1 N–H and O–H groups in total. The van der Waals surface area contributed by atoms with Gasteiger partial charge in [-0.2, -0.15) is 18.3 Å². The summed E-state index contributed by atoms with van der Waals surface area (Å²) in [6.45, 7) is 4.93. The van der Waals surface area contributed by atoms with E-state index in [0.29, 0.717) is 11.3 Å². The highest BCUT2D eigenvalue weighted by molar-refractivity contribution is 5.94. The van der Waals surface area contributed by atoms with Gasteiger partial charge in [0.2, 0.25) is 0 Å². The molecule has 1 saturated heterocycles. The van der Waals surface area contributed by atoms with Crippen LogP contribution in [-0.4, -0.2) is 46.3 Å². The SMILES string of the molecule is CC(CN1CCCCC1)NC(=O)c1ccc(-n2ccc(C(F)(F)F)n2)cc1. The van der Waals surface area contributed by atoms with Gasteiger partial charge in [0.1, 0.15) is 0 Å². The van der Waals surface area contributed by atoms with E-state index in [9.17, 15) is 18.0 Å². The van der Waals surface area contributed by atoms with E-state index in [1.165, 1.54) is 25.5 Å². The van der Waals surface area contributed by atoms with Gasteiger partial charge in [0.05, 0.1) is 5.69 Å². The van der Waals surface area contributed by atoms with Gasteiger partial charge >= 0.3 is 6.18 Å². The summed E-state index contributed by atoms with van der Waals surface area (Å²) >= 11 is 0. The third-order valence-electron chi connectivity index (χ3n) is 4.63. The molecule has 5 nitrogen and oxygen atoms in total. The van der Waals surface area contributed by atoms with E-state index < -0.39 is 11.9 Å². The largest absolute Gasteiger partial charge is 0.435 e. The van der Waals surface area contributed by atoms with Crippen molar-refractivity contribution < 1.29 is 18.0 Å². The molecule has 1 aliphatic heterocycles. The zero-order valence-electron chi connectivity index (χ0n) is 15.2. The van der Waals surface area contributed by atoms with Crippen molar-refractivity contribution in [2.45, 2.75) is 38.4 Å². The summed E-state index contributed by atoms with van der Waals surface area (Å²) in [6.07, 6.45) is 0.440. The van der Waals surface area contributed by atoms with Crippen molar-refractivity contribution in [3.63, 3.8) is 0 Å². The maximum atomic E-state index is 12.6. The minimum atomic E-state index is -4.48. The molecule has 0 bridgehead atoms. The van der Waals surface area contributed by atoms with Crippen LogP contribution in [0.5, 0.6) is 0 Å². The summed E-state index contributed by atoms with van der Waals surface area (Å²) in [7, 11) is 0. The molecule has 0 saturated carbocycles. The lowest BCUT2D eigenvalue weighted by molar-refractivity contribution is -0.141. The molecule has 1 atom stereocenters. The van der Waals surface area contributed by atoms with Crippen molar-refractivity contribution in [3.05, 3.63) is 47.8 Å². The van der Waals surface area contributed by atoms with Crippen LogP contribution in [0.25, 0.3) is 5.69 Å². The predicted octanol–water partition coefficient (Wildman–Crippen LogP) is 3.50. The Morgan fingerprint density at radius 2 is 1.81 bits per heavy atom. The number of halogens is 3. The number of aromatic nitrogens is 2. The fourth-order valence-corrected chi connectivity index (χ4v) is 3.27. The third-order valence-corrected chi connectivity index (χ3v) is 4.63. The Morgan fingerprint density at radius 1 is 1.15 bits per heavy atom. The first-order chi connectivity index (χ1) is 12.8. The fourth-order valence-electron chi connectivity index (χ4n) is 3.27. The van der Waals surface area contributed by atoms with Gasteiger partial charge in [-0.1, -0.05) is 6.42 Å². The second-order valence-electron chi connectivity index (χ2n) is 6.93. The molecule has 0 radical (unpaired) electrons. The molecule has 146 valence electrons. The lowest BCUT2D eigenvalue weighted by atomic mass is 10.1. The number of carbonyl (C=O) groups is 1. The number of likely N-dealkylation sites (tertiary alicyclic amines) is 1. The van der Waals surface area contributed by atoms with E-state index in [-0.39, 0.29) is 11.9 Å². The quantitative estimate of drug-likeness (QED) is 0.864. The van der Waals surface area contributed by atoms with Gasteiger partial charge in [-0.15, -0.1) is 0 Å². The van der Waals surface area contributed by atoms with Crippen molar-refractivity contribution in [1.82, 2.24) is 20.0 Å². The van der Waals surface area contributed by atoms with Gasteiger partial charge in [0.15, 0.2) is 5.69 Å². The number of benzene rings is 1. The standard InChI is InChI=1S/C19H23F3N4O/c1-14(13-25-10-3-2-4-11-25)23-18(27)15-5-7-16(8-6-15)26-12-9-17(24-26)19(20,21)22/h5-9,12,14H,2-4,10-11,13H2,1H3,(H,23,27). The normalized spacial score (nSPS) is 16.9. The minimum Gasteiger partial charge on any atom is -0.348 e. The Labute approximate surface area is 156 Å². The average Bonchev–Trinajstić information content (AvgIpc) is 3.13. The highest BCUT2D eigenvalue weighted by atomic mass is 19.4. The van der Waals surface area contributed by atoms with Gasteiger partial charge in [0.25, 0.3) is 5.91 Å². The first-order valence-corrected chi connectivity index (χ1v) is 9.09.